The van der Waals surface area contributed by atoms with Gasteiger partial charge in [-0.1, -0.05) is 19.4 Å². The van der Waals surface area contributed by atoms with E-state index in [9.17, 15) is 69.5 Å². The lowest BCUT2D eigenvalue weighted by atomic mass is 9.91. The molecular weight excluding hydrogens is 632 g/mol. The summed E-state index contributed by atoms with van der Waals surface area (Å²) in [6.45, 7) is 0. The van der Waals surface area contributed by atoms with Gasteiger partial charge in [0.25, 0.3) is 0 Å². The molecule has 2 aromatic carbocycles. The van der Waals surface area contributed by atoms with Crippen LogP contribution in [0.25, 0.3) is 11.1 Å². The lowest BCUT2D eigenvalue weighted by molar-refractivity contribution is -0.143. The lowest BCUT2D eigenvalue weighted by Crippen LogP contribution is -2.35. The maximum absolute atomic E-state index is 14.0. The molecule has 0 unspecified atom stereocenters. The summed E-state index contributed by atoms with van der Waals surface area (Å²) in [4.78, 5) is -3.69. The number of halogens is 14. The SMILES string of the molecule is N#CC(C#N)=c1c(S(F)(F)(F)(F)F)c/c(=C(/C#N)c2cc(C(F)(F)F)c(C#N)c(C(F)(F)F)c2)c(C#N)c1C(F)(F)F. The van der Waals surface area contributed by atoms with Crippen molar-refractivity contribution in [2.24, 2.45) is 0 Å². The Labute approximate surface area is 223 Å². The molecule has 0 radical (unpaired) electrons. The van der Waals surface area contributed by atoms with Crippen LogP contribution in [-0.4, -0.2) is 0 Å². The van der Waals surface area contributed by atoms with Gasteiger partial charge in [0.05, 0.1) is 33.4 Å². The van der Waals surface area contributed by atoms with Crippen molar-refractivity contribution in [3.63, 3.8) is 0 Å². The molecule has 0 saturated carbocycles. The molecule has 0 bridgehead atoms. The van der Waals surface area contributed by atoms with Gasteiger partial charge >= 0.3 is 28.8 Å². The Morgan fingerprint density at radius 2 is 1.02 bits per heavy atom. The highest BCUT2D eigenvalue weighted by molar-refractivity contribution is 8.45. The zero-order chi connectivity index (χ0) is 32.9. The summed E-state index contributed by atoms with van der Waals surface area (Å²) in [6, 6.07) is 0.930. The molecule has 0 saturated heterocycles. The lowest BCUT2D eigenvalue weighted by Gasteiger charge is -2.41. The monoisotopic (exact) mass is 635 g/mol. The summed E-state index contributed by atoms with van der Waals surface area (Å²) in [7, 11) is -11.5. The minimum Gasteiger partial charge on any atom is -0.192 e. The van der Waals surface area contributed by atoms with Gasteiger partial charge in [0.1, 0.15) is 40.8 Å². The largest absolute Gasteiger partial charge is 0.418 e. The third-order valence-corrected chi connectivity index (χ3v) is 6.26. The van der Waals surface area contributed by atoms with E-state index in [1.54, 1.807) is 0 Å². The fourth-order valence-corrected chi connectivity index (χ4v) is 4.51. The Morgan fingerprint density at radius 1 is 0.595 bits per heavy atom. The second kappa shape index (κ2) is 9.26. The van der Waals surface area contributed by atoms with E-state index in [0.29, 0.717) is 30.3 Å². The molecule has 0 spiro atoms. The average Bonchev–Trinajstić information content (AvgIpc) is 2.81. The highest BCUT2D eigenvalue weighted by Crippen LogP contribution is 3.01. The maximum atomic E-state index is 14.0. The molecule has 0 fully saturated rings. The molecule has 0 N–H and O–H groups in total. The van der Waals surface area contributed by atoms with Crippen LogP contribution in [0.5, 0.6) is 0 Å². The Hall–Kier alpha value is -5.00. The van der Waals surface area contributed by atoms with Crippen LogP contribution < -0.4 is 10.4 Å². The van der Waals surface area contributed by atoms with Crippen LogP contribution in [-0.2, 0) is 18.5 Å². The summed E-state index contributed by atoms with van der Waals surface area (Å²) in [5, 5.41) is 40.5. The number of nitrogens with zero attached hydrogens (tertiary/aromatic N) is 5. The van der Waals surface area contributed by atoms with E-state index in [1.807, 2.05) is 0 Å². The van der Waals surface area contributed by atoms with Gasteiger partial charge in [-0.25, -0.2) is 0 Å². The van der Waals surface area contributed by atoms with Crippen LogP contribution in [0, 0.1) is 56.7 Å². The van der Waals surface area contributed by atoms with Crippen molar-refractivity contribution in [3.8, 4) is 30.3 Å². The van der Waals surface area contributed by atoms with E-state index in [2.05, 4.69) is 0 Å². The zero-order valence-corrected chi connectivity index (χ0v) is 20.0. The van der Waals surface area contributed by atoms with Crippen molar-refractivity contribution in [1.82, 2.24) is 0 Å². The van der Waals surface area contributed by atoms with E-state index in [4.69, 9.17) is 15.8 Å². The van der Waals surface area contributed by atoms with E-state index in [-0.39, 0.29) is 0 Å². The van der Waals surface area contributed by atoms with Crippen LogP contribution in [0.3, 0.4) is 0 Å². The molecule has 0 aliphatic carbocycles. The highest BCUT2D eigenvalue weighted by Gasteiger charge is 2.67. The van der Waals surface area contributed by atoms with Gasteiger partial charge in [0.2, 0.25) is 0 Å². The molecule has 42 heavy (non-hydrogen) atoms. The van der Waals surface area contributed by atoms with Crippen molar-refractivity contribution in [3.05, 3.63) is 62.0 Å². The molecule has 0 aliphatic rings. The molecule has 0 aliphatic heterocycles. The van der Waals surface area contributed by atoms with Crippen LogP contribution in [0.1, 0.15) is 33.4 Å². The Morgan fingerprint density at radius 3 is 1.31 bits per heavy atom. The van der Waals surface area contributed by atoms with Gasteiger partial charge in [-0.15, -0.1) is 0 Å². The van der Waals surface area contributed by atoms with Crippen molar-refractivity contribution in [2.45, 2.75) is 23.4 Å². The molecule has 0 heterocycles. The Kier molecular flexibility index (Phi) is 7.32. The maximum Gasteiger partial charge on any atom is 0.418 e. The standard InChI is InChI=1S/C22H3F14N5S/c23-20(24,25)15-1-9(2-16(14(15)8-41)21(26,27)28)12(6-39)11-3-17(42(32,33,34,35)36)18(10(4-37)5-38)19(13(11)7-40)22(29,30)31/h1-3H/b12-11+. The predicted molar refractivity (Wildman–Crippen MR) is 111 cm³/mol. The first-order valence-electron chi connectivity index (χ1n) is 9.78. The summed E-state index contributed by atoms with van der Waals surface area (Å²) >= 11 is 0. The fraction of sp³-hybridized carbons (Fsp3) is 0.136. The predicted octanol–water partition coefficient (Wildman–Crippen LogP) is 7.06. The number of alkyl halides is 9. The van der Waals surface area contributed by atoms with Crippen molar-refractivity contribution < 1.29 is 58.9 Å². The minimum absolute atomic E-state index is 0.462. The number of hydrogen-bond acceptors (Lipinski definition) is 5. The first-order chi connectivity index (χ1) is 18.7. The van der Waals surface area contributed by atoms with Gasteiger partial charge in [0.15, 0.2) is 0 Å². The molecule has 2 rings (SSSR count). The number of nitriles is 5. The first-order valence-corrected chi connectivity index (χ1v) is 11.7. The molecule has 20 heteroatoms. The van der Waals surface area contributed by atoms with Gasteiger partial charge in [0, 0.05) is 10.4 Å². The smallest absolute Gasteiger partial charge is 0.192 e. The summed E-state index contributed by atoms with van der Waals surface area (Å²) < 4.78 is 193. The van der Waals surface area contributed by atoms with E-state index < -0.39 is 107 Å². The van der Waals surface area contributed by atoms with E-state index in [1.165, 1.54) is 0 Å². The summed E-state index contributed by atoms with van der Waals surface area (Å²) in [6.07, 6.45) is -18.1. The average molecular weight is 635 g/mol. The van der Waals surface area contributed by atoms with Gasteiger partial charge in [-0.05, 0) is 23.8 Å². The number of hydrogen-bond donors (Lipinski definition) is 0. The van der Waals surface area contributed by atoms with Crippen LogP contribution in [0.4, 0.5) is 58.9 Å². The Bertz CT molecular complexity index is 1810. The third-order valence-electron chi connectivity index (χ3n) is 5.11. The topological polar surface area (TPSA) is 119 Å². The zero-order valence-electron chi connectivity index (χ0n) is 19.2. The van der Waals surface area contributed by atoms with Gasteiger partial charge < -0.3 is 0 Å². The third kappa shape index (κ3) is 6.17. The van der Waals surface area contributed by atoms with E-state index in [0.717, 1.165) is 0 Å². The van der Waals surface area contributed by atoms with E-state index >= 15 is 0 Å². The van der Waals surface area contributed by atoms with Crippen LogP contribution >= 0.6 is 10.2 Å². The number of rotatable bonds is 2. The van der Waals surface area contributed by atoms with Crippen LogP contribution in [0.2, 0.25) is 0 Å². The summed E-state index contributed by atoms with van der Waals surface area (Å²) in [5.74, 6) is 0. The molecule has 0 aromatic heterocycles. The molecule has 0 atom stereocenters. The quantitative estimate of drug-likeness (QED) is 0.328. The van der Waals surface area contributed by atoms with Crippen molar-refractivity contribution >= 4 is 21.4 Å². The highest BCUT2D eigenvalue weighted by atomic mass is 32.5. The fourth-order valence-electron chi connectivity index (χ4n) is 3.58. The van der Waals surface area contributed by atoms with Gasteiger partial charge in [-0.2, -0.15) is 65.8 Å². The normalized spacial score (nSPS) is 14.6. The van der Waals surface area contributed by atoms with Crippen LogP contribution in [0.15, 0.2) is 23.1 Å². The second-order valence-corrected chi connectivity index (χ2v) is 10.1. The minimum atomic E-state index is -11.5. The molecule has 5 nitrogen and oxygen atoms in total. The van der Waals surface area contributed by atoms with Crippen molar-refractivity contribution in [2.75, 3.05) is 0 Å². The van der Waals surface area contributed by atoms with Crippen molar-refractivity contribution in [1.29, 1.82) is 26.3 Å². The number of benzene rings is 2. The molecule has 2 aromatic rings. The molecular formula is C22H3F14N5S. The second-order valence-electron chi connectivity index (χ2n) is 7.76. The summed E-state index contributed by atoms with van der Waals surface area (Å²) in [5.41, 5.74) is -18.4. The molecule has 220 valence electrons. The molecule has 0 amide bonds. The first kappa shape index (κ1) is 33.2. The Balaban J connectivity index is 3.68. The van der Waals surface area contributed by atoms with Gasteiger partial charge in [-0.3, -0.25) is 0 Å².